The molecule has 0 spiro atoms. The first-order chi connectivity index (χ1) is 5.72. The number of rotatable bonds is 3. The van der Waals surface area contributed by atoms with E-state index in [0.29, 0.717) is 5.03 Å². The summed E-state index contributed by atoms with van der Waals surface area (Å²) in [4.78, 5) is 0. The third-order valence-electron chi connectivity index (χ3n) is 1.04. The first kappa shape index (κ1) is 13.8. The van der Waals surface area contributed by atoms with Crippen LogP contribution in [0.5, 0.6) is 0 Å². The monoisotopic (exact) mass is 184 g/mol. The van der Waals surface area contributed by atoms with Gasteiger partial charge in [-0.1, -0.05) is 62.9 Å². The first-order valence-corrected chi connectivity index (χ1v) is 4.40. The summed E-state index contributed by atoms with van der Waals surface area (Å²) in [5, 5.41) is 0.556. The molecular formula is C11H17Cl. The minimum atomic E-state index is 0.556. The molecule has 0 saturated heterocycles. The molecule has 0 aromatic heterocycles. The lowest BCUT2D eigenvalue weighted by Gasteiger charge is -1.93. The van der Waals surface area contributed by atoms with Gasteiger partial charge in [-0.25, -0.2) is 0 Å². The van der Waals surface area contributed by atoms with Crippen molar-refractivity contribution in [2.75, 3.05) is 0 Å². The maximum Gasteiger partial charge on any atom is 0.0403 e. The summed E-state index contributed by atoms with van der Waals surface area (Å²) in [5.41, 5.74) is 0.932. The maximum atomic E-state index is 5.63. The lowest BCUT2D eigenvalue weighted by atomic mass is 10.2. The molecule has 0 fully saturated rings. The molecule has 0 aromatic rings. The van der Waals surface area contributed by atoms with Crippen LogP contribution < -0.4 is 0 Å². The van der Waals surface area contributed by atoms with E-state index in [1.165, 1.54) is 0 Å². The largest absolute Gasteiger partial charge is 0.0991 e. The van der Waals surface area contributed by atoms with Crippen molar-refractivity contribution < 1.29 is 0 Å². The molecule has 0 heterocycles. The Labute approximate surface area is 80.9 Å². The summed E-state index contributed by atoms with van der Waals surface area (Å²) in [5.74, 6) is 0. The fourth-order valence-corrected chi connectivity index (χ4v) is 0.687. The number of allylic oxidation sites excluding steroid dienone is 6. The third-order valence-corrected chi connectivity index (χ3v) is 1.25. The predicted molar refractivity (Wildman–Crippen MR) is 59.4 cm³/mol. The molecule has 0 saturated carbocycles. The summed E-state index contributed by atoms with van der Waals surface area (Å²) < 4.78 is 0. The smallest absolute Gasteiger partial charge is 0.0403 e. The fraction of sp³-hybridized carbons (Fsp3) is 0.273. The summed E-state index contributed by atoms with van der Waals surface area (Å²) in [6.07, 6.45) is 7.28. The van der Waals surface area contributed by atoms with Crippen LogP contribution in [0.15, 0.2) is 48.1 Å². The standard InChI is InChI=1S/C9H11Cl.C2H6/c1-4-6-7-9(5-2)8(3)10;1-2/h4-7H,1,3H2,2H3;1-2H3/b7-6-,9-5+;. The van der Waals surface area contributed by atoms with Gasteiger partial charge in [-0.05, 0) is 12.5 Å². The van der Waals surface area contributed by atoms with Gasteiger partial charge < -0.3 is 0 Å². The average molecular weight is 185 g/mol. The SMILES string of the molecule is C=C/C=C\C(=C/C)C(=C)Cl.CC. The van der Waals surface area contributed by atoms with Gasteiger partial charge in [-0.3, -0.25) is 0 Å². The Hall–Kier alpha value is -0.750. The molecule has 0 aromatic carbocycles. The van der Waals surface area contributed by atoms with E-state index in [1.807, 2.05) is 39.0 Å². The van der Waals surface area contributed by atoms with E-state index in [-0.39, 0.29) is 0 Å². The van der Waals surface area contributed by atoms with Gasteiger partial charge in [0.15, 0.2) is 0 Å². The highest BCUT2D eigenvalue weighted by Gasteiger charge is 1.89. The Bertz CT molecular complexity index is 185. The normalized spacial score (nSPS) is 10.5. The van der Waals surface area contributed by atoms with Crippen molar-refractivity contribution in [2.24, 2.45) is 0 Å². The Kier molecular flexibility index (Phi) is 11.8. The van der Waals surface area contributed by atoms with Gasteiger partial charge in [0.25, 0.3) is 0 Å². The minimum absolute atomic E-state index is 0.556. The van der Waals surface area contributed by atoms with Crippen molar-refractivity contribution >= 4 is 11.6 Å². The second-order valence-electron chi connectivity index (χ2n) is 1.74. The molecule has 0 unspecified atom stereocenters. The highest BCUT2D eigenvalue weighted by molar-refractivity contribution is 6.31. The average Bonchev–Trinajstić information content (AvgIpc) is 2.09. The van der Waals surface area contributed by atoms with Crippen molar-refractivity contribution in [2.45, 2.75) is 20.8 Å². The molecule has 0 nitrogen and oxygen atoms in total. The van der Waals surface area contributed by atoms with E-state index in [0.717, 1.165) is 5.57 Å². The van der Waals surface area contributed by atoms with Crippen molar-refractivity contribution in [3.8, 4) is 0 Å². The molecule has 1 heteroatoms. The van der Waals surface area contributed by atoms with Crippen LogP contribution in [0, 0.1) is 0 Å². The summed E-state index contributed by atoms with van der Waals surface area (Å²) in [6, 6.07) is 0. The van der Waals surface area contributed by atoms with Crippen LogP contribution in [0.25, 0.3) is 0 Å². The first-order valence-electron chi connectivity index (χ1n) is 4.02. The predicted octanol–water partition coefficient (Wildman–Crippen LogP) is 4.45. The van der Waals surface area contributed by atoms with Crippen LogP contribution in [-0.2, 0) is 0 Å². The second kappa shape index (κ2) is 10.2. The van der Waals surface area contributed by atoms with E-state index in [4.69, 9.17) is 11.6 Å². The van der Waals surface area contributed by atoms with Crippen LogP contribution in [0.1, 0.15) is 20.8 Å². The summed E-state index contributed by atoms with van der Waals surface area (Å²) >= 11 is 5.63. The van der Waals surface area contributed by atoms with Crippen molar-refractivity contribution in [1.82, 2.24) is 0 Å². The van der Waals surface area contributed by atoms with E-state index < -0.39 is 0 Å². The highest BCUT2D eigenvalue weighted by Crippen LogP contribution is 2.12. The minimum Gasteiger partial charge on any atom is -0.0991 e. The van der Waals surface area contributed by atoms with Gasteiger partial charge in [0.1, 0.15) is 0 Å². The quantitative estimate of drug-likeness (QED) is 0.569. The van der Waals surface area contributed by atoms with Crippen LogP contribution in [0.2, 0.25) is 0 Å². The summed E-state index contributed by atoms with van der Waals surface area (Å²) in [7, 11) is 0. The molecule has 0 N–H and O–H groups in total. The van der Waals surface area contributed by atoms with Gasteiger partial charge in [0, 0.05) is 5.03 Å². The van der Waals surface area contributed by atoms with Gasteiger partial charge in [-0.2, -0.15) is 0 Å². The molecule has 0 radical (unpaired) electrons. The van der Waals surface area contributed by atoms with Crippen LogP contribution in [0.3, 0.4) is 0 Å². The molecule has 12 heavy (non-hydrogen) atoms. The van der Waals surface area contributed by atoms with E-state index >= 15 is 0 Å². The zero-order chi connectivity index (χ0) is 9.98. The Morgan fingerprint density at radius 3 is 2.08 bits per heavy atom. The molecule has 0 rings (SSSR count). The third kappa shape index (κ3) is 7.36. The lowest BCUT2D eigenvalue weighted by Crippen LogP contribution is -1.72. The van der Waals surface area contributed by atoms with Gasteiger partial charge in [-0.15, -0.1) is 0 Å². The molecule has 0 bridgehead atoms. The van der Waals surface area contributed by atoms with Crippen molar-refractivity contribution in [1.29, 1.82) is 0 Å². The van der Waals surface area contributed by atoms with Crippen LogP contribution in [-0.4, -0.2) is 0 Å². The Morgan fingerprint density at radius 1 is 1.33 bits per heavy atom. The van der Waals surface area contributed by atoms with E-state index in [9.17, 15) is 0 Å². The second-order valence-corrected chi connectivity index (χ2v) is 2.20. The summed E-state index contributed by atoms with van der Waals surface area (Å²) in [6.45, 7) is 13.0. The molecule has 0 aliphatic heterocycles. The topological polar surface area (TPSA) is 0 Å². The van der Waals surface area contributed by atoms with Gasteiger partial charge in [0.2, 0.25) is 0 Å². The zero-order valence-electron chi connectivity index (χ0n) is 8.10. The highest BCUT2D eigenvalue weighted by atomic mass is 35.5. The Balaban J connectivity index is 0. The number of hydrogen-bond donors (Lipinski definition) is 0. The number of hydrogen-bond acceptors (Lipinski definition) is 0. The molecule has 0 aliphatic rings. The molecule has 0 amide bonds. The molecule has 0 atom stereocenters. The maximum absolute atomic E-state index is 5.63. The molecule has 0 aliphatic carbocycles. The lowest BCUT2D eigenvalue weighted by molar-refractivity contribution is 1.50. The zero-order valence-corrected chi connectivity index (χ0v) is 8.86. The van der Waals surface area contributed by atoms with Crippen LogP contribution >= 0.6 is 11.6 Å². The van der Waals surface area contributed by atoms with E-state index in [1.54, 1.807) is 6.08 Å². The van der Waals surface area contributed by atoms with Gasteiger partial charge >= 0.3 is 0 Å². The fourth-order valence-electron chi connectivity index (χ4n) is 0.515. The molecular weight excluding hydrogens is 168 g/mol. The van der Waals surface area contributed by atoms with E-state index in [2.05, 4.69) is 13.2 Å². The molecule has 68 valence electrons. The Morgan fingerprint density at radius 2 is 1.83 bits per heavy atom. The van der Waals surface area contributed by atoms with Crippen LogP contribution in [0.4, 0.5) is 0 Å². The number of halogens is 1. The van der Waals surface area contributed by atoms with Gasteiger partial charge in [0.05, 0.1) is 0 Å². The van der Waals surface area contributed by atoms with Crippen molar-refractivity contribution in [3.05, 3.63) is 48.1 Å². The van der Waals surface area contributed by atoms with Crippen molar-refractivity contribution in [3.63, 3.8) is 0 Å².